The number of rotatable bonds is 5. The second-order valence-electron chi connectivity index (χ2n) is 4.74. The molecule has 1 aromatic rings. The number of hydrogen-bond acceptors (Lipinski definition) is 3. The van der Waals surface area contributed by atoms with Crippen LogP contribution in [-0.2, 0) is 0 Å². The Balaban J connectivity index is 1.84. The van der Waals surface area contributed by atoms with Crippen molar-refractivity contribution in [3.8, 4) is 0 Å². The molecule has 1 aliphatic rings. The zero-order chi connectivity index (χ0) is 12.8. The average Bonchev–Trinajstić information content (AvgIpc) is 2.40. The smallest absolute Gasteiger partial charge is 0.250 e. The van der Waals surface area contributed by atoms with Crippen LogP contribution in [0.25, 0.3) is 0 Å². The standard InChI is InChI=1S/C14H21N3O/c15-14(18)12-6-2-3-7-13(12)16-8-11-17-9-4-1-5-10-17/h2-3,6-7,16H,1,4-5,8-11H2,(H2,15,18). The molecule has 1 saturated heterocycles. The summed E-state index contributed by atoms with van der Waals surface area (Å²) < 4.78 is 0. The van der Waals surface area contributed by atoms with Crippen molar-refractivity contribution in [2.24, 2.45) is 5.73 Å². The third-order valence-electron chi connectivity index (χ3n) is 3.38. The highest BCUT2D eigenvalue weighted by molar-refractivity contribution is 5.98. The van der Waals surface area contributed by atoms with E-state index < -0.39 is 0 Å². The lowest BCUT2D eigenvalue weighted by atomic mass is 10.1. The van der Waals surface area contributed by atoms with Crippen LogP contribution in [0.15, 0.2) is 24.3 Å². The summed E-state index contributed by atoms with van der Waals surface area (Å²) in [5.41, 5.74) is 6.74. The number of nitrogens with one attached hydrogen (secondary N) is 1. The molecule has 1 aromatic carbocycles. The quantitative estimate of drug-likeness (QED) is 0.832. The molecule has 1 amide bonds. The fourth-order valence-corrected chi connectivity index (χ4v) is 2.38. The number of amides is 1. The van der Waals surface area contributed by atoms with Gasteiger partial charge < -0.3 is 16.0 Å². The monoisotopic (exact) mass is 247 g/mol. The molecule has 1 fully saturated rings. The van der Waals surface area contributed by atoms with Crippen molar-refractivity contribution in [1.29, 1.82) is 0 Å². The van der Waals surface area contributed by atoms with Crippen LogP contribution in [0.2, 0.25) is 0 Å². The molecular weight excluding hydrogens is 226 g/mol. The molecular formula is C14H21N3O. The number of hydrogen-bond donors (Lipinski definition) is 2. The number of anilines is 1. The van der Waals surface area contributed by atoms with Crippen LogP contribution in [0, 0.1) is 0 Å². The Kier molecular flexibility index (Phi) is 4.59. The highest BCUT2D eigenvalue weighted by Crippen LogP contribution is 2.14. The summed E-state index contributed by atoms with van der Waals surface area (Å²) in [6.45, 7) is 4.26. The number of nitrogens with zero attached hydrogens (tertiary/aromatic N) is 1. The van der Waals surface area contributed by atoms with Gasteiger partial charge in [0.25, 0.3) is 5.91 Å². The van der Waals surface area contributed by atoms with Crippen LogP contribution in [0.3, 0.4) is 0 Å². The highest BCUT2D eigenvalue weighted by atomic mass is 16.1. The summed E-state index contributed by atoms with van der Waals surface area (Å²) >= 11 is 0. The van der Waals surface area contributed by atoms with Gasteiger partial charge >= 0.3 is 0 Å². The summed E-state index contributed by atoms with van der Waals surface area (Å²) in [5, 5.41) is 3.30. The number of piperidine rings is 1. The van der Waals surface area contributed by atoms with Crippen LogP contribution in [0.4, 0.5) is 5.69 Å². The maximum Gasteiger partial charge on any atom is 0.250 e. The van der Waals surface area contributed by atoms with Gasteiger partial charge in [-0.3, -0.25) is 4.79 Å². The number of benzene rings is 1. The van der Waals surface area contributed by atoms with E-state index in [0.717, 1.165) is 18.8 Å². The Labute approximate surface area is 108 Å². The van der Waals surface area contributed by atoms with Gasteiger partial charge in [0.2, 0.25) is 0 Å². The van der Waals surface area contributed by atoms with Crippen molar-refractivity contribution in [3.05, 3.63) is 29.8 Å². The van der Waals surface area contributed by atoms with E-state index in [1.54, 1.807) is 6.07 Å². The third-order valence-corrected chi connectivity index (χ3v) is 3.38. The second kappa shape index (κ2) is 6.40. The van der Waals surface area contributed by atoms with Crippen molar-refractivity contribution in [2.75, 3.05) is 31.5 Å². The van der Waals surface area contributed by atoms with Crippen molar-refractivity contribution in [3.63, 3.8) is 0 Å². The Morgan fingerprint density at radius 3 is 2.67 bits per heavy atom. The van der Waals surface area contributed by atoms with Crippen LogP contribution in [-0.4, -0.2) is 37.0 Å². The summed E-state index contributed by atoms with van der Waals surface area (Å²) in [6, 6.07) is 7.40. The minimum atomic E-state index is -0.379. The van der Waals surface area contributed by atoms with Crippen LogP contribution in [0.5, 0.6) is 0 Å². The van der Waals surface area contributed by atoms with E-state index in [2.05, 4.69) is 10.2 Å². The van der Waals surface area contributed by atoms with Gasteiger partial charge in [0, 0.05) is 18.8 Å². The Bertz CT molecular complexity index is 400. The fraction of sp³-hybridized carbons (Fsp3) is 0.500. The second-order valence-corrected chi connectivity index (χ2v) is 4.74. The Hall–Kier alpha value is -1.55. The zero-order valence-electron chi connectivity index (χ0n) is 10.7. The molecule has 0 bridgehead atoms. The summed E-state index contributed by atoms with van der Waals surface area (Å²) in [7, 11) is 0. The summed E-state index contributed by atoms with van der Waals surface area (Å²) in [6.07, 6.45) is 3.96. The van der Waals surface area contributed by atoms with E-state index in [9.17, 15) is 4.79 Å². The number of para-hydroxylation sites is 1. The lowest BCUT2D eigenvalue weighted by molar-refractivity contribution is 0.100. The van der Waals surface area contributed by atoms with E-state index in [1.807, 2.05) is 18.2 Å². The minimum absolute atomic E-state index is 0.379. The SMILES string of the molecule is NC(=O)c1ccccc1NCCN1CCCCC1. The molecule has 1 heterocycles. The first kappa shape index (κ1) is 12.9. The molecule has 2 rings (SSSR count). The van der Waals surface area contributed by atoms with Gasteiger partial charge in [-0.15, -0.1) is 0 Å². The summed E-state index contributed by atoms with van der Waals surface area (Å²) in [5.74, 6) is -0.379. The van der Waals surface area contributed by atoms with E-state index in [0.29, 0.717) is 5.56 Å². The lowest BCUT2D eigenvalue weighted by Crippen LogP contribution is -2.33. The molecule has 0 aliphatic carbocycles. The molecule has 1 aliphatic heterocycles. The maximum absolute atomic E-state index is 11.3. The summed E-state index contributed by atoms with van der Waals surface area (Å²) in [4.78, 5) is 13.7. The molecule has 0 unspecified atom stereocenters. The number of nitrogens with two attached hydrogens (primary N) is 1. The number of carbonyl (C=O) groups is 1. The molecule has 18 heavy (non-hydrogen) atoms. The Morgan fingerprint density at radius 1 is 1.22 bits per heavy atom. The van der Waals surface area contributed by atoms with Crippen molar-refractivity contribution >= 4 is 11.6 Å². The number of likely N-dealkylation sites (tertiary alicyclic amines) is 1. The van der Waals surface area contributed by atoms with Gasteiger partial charge in [-0.25, -0.2) is 0 Å². The van der Waals surface area contributed by atoms with Gasteiger partial charge in [-0.1, -0.05) is 18.6 Å². The van der Waals surface area contributed by atoms with Crippen LogP contribution < -0.4 is 11.1 Å². The molecule has 4 nitrogen and oxygen atoms in total. The number of carbonyl (C=O) groups excluding carboxylic acids is 1. The van der Waals surface area contributed by atoms with Crippen LogP contribution in [0.1, 0.15) is 29.6 Å². The molecule has 0 aromatic heterocycles. The molecule has 0 atom stereocenters. The molecule has 98 valence electrons. The van der Waals surface area contributed by atoms with Gasteiger partial charge in [0.05, 0.1) is 5.56 Å². The largest absolute Gasteiger partial charge is 0.383 e. The average molecular weight is 247 g/mol. The van der Waals surface area contributed by atoms with Gasteiger partial charge in [0.15, 0.2) is 0 Å². The highest BCUT2D eigenvalue weighted by Gasteiger charge is 2.10. The van der Waals surface area contributed by atoms with Crippen molar-refractivity contribution in [2.45, 2.75) is 19.3 Å². The van der Waals surface area contributed by atoms with Crippen LogP contribution >= 0.6 is 0 Å². The predicted molar refractivity (Wildman–Crippen MR) is 73.7 cm³/mol. The van der Waals surface area contributed by atoms with Crippen molar-refractivity contribution < 1.29 is 4.79 Å². The van der Waals surface area contributed by atoms with E-state index in [-0.39, 0.29) is 5.91 Å². The number of primary amides is 1. The first-order valence-electron chi connectivity index (χ1n) is 6.62. The zero-order valence-corrected chi connectivity index (χ0v) is 10.7. The van der Waals surface area contributed by atoms with E-state index in [4.69, 9.17) is 5.73 Å². The normalized spacial score (nSPS) is 16.4. The molecule has 0 radical (unpaired) electrons. The predicted octanol–water partition coefficient (Wildman–Crippen LogP) is 1.68. The minimum Gasteiger partial charge on any atom is -0.383 e. The maximum atomic E-state index is 11.3. The fourth-order valence-electron chi connectivity index (χ4n) is 2.38. The van der Waals surface area contributed by atoms with Gasteiger partial charge in [0.1, 0.15) is 0 Å². The topological polar surface area (TPSA) is 58.4 Å². The van der Waals surface area contributed by atoms with Crippen molar-refractivity contribution in [1.82, 2.24) is 4.90 Å². The van der Waals surface area contributed by atoms with E-state index >= 15 is 0 Å². The van der Waals surface area contributed by atoms with Gasteiger partial charge in [-0.2, -0.15) is 0 Å². The van der Waals surface area contributed by atoms with E-state index in [1.165, 1.54) is 32.4 Å². The molecule has 0 spiro atoms. The Morgan fingerprint density at radius 2 is 1.94 bits per heavy atom. The first-order chi connectivity index (χ1) is 8.77. The lowest BCUT2D eigenvalue weighted by Gasteiger charge is -2.26. The molecule has 0 saturated carbocycles. The molecule has 4 heteroatoms. The van der Waals surface area contributed by atoms with Gasteiger partial charge in [-0.05, 0) is 38.1 Å². The third kappa shape index (κ3) is 3.47. The molecule has 3 N–H and O–H groups in total. The first-order valence-corrected chi connectivity index (χ1v) is 6.62.